The van der Waals surface area contributed by atoms with E-state index in [4.69, 9.17) is 23.2 Å². The number of anilines is 1. The summed E-state index contributed by atoms with van der Waals surface area (Å²) in [6.45, 7) is 0.248. The van der Waals surface area contributed by atoms with E-state index in [0.717, 1.165) is 5.56 Å². The Morgan fingerprint density at radius 1 is 1.00 bits per heavy atom. The molecule has 0 N–H and O–H groups in total. The molecule has 0 bridgehead atoms. The molecule has 20 heavy (non-hydrogen) atoms. The molecule has 5 heteroatoms. The number of Topliss-reactive ketones (excluding diaryl/α,β-unsaturated/α-hetero) is 1. The Morgan fingerprint density at radius 3 is 2.50 bits per heavy atom. The minimum atomic E-state index is -0.554. The standard InChI is InChI=1S/C15H9Cl2NO2/c16-10-5-6-11-13(7-10)18(15(20)14(11)19)8-9-3-1-2-4-12(9)17/h1-7H,8H2. The van der Waals surface area contributed by atoms with E-state index in [1.54, 1.807) is 24.3 Å². The SMILES string of the molecule is O=C1C(=O)N(Cc2ccccc2Cl)c2cc(Cl)ccc21. The fraction of sp³-hybridized carbons (Fsp3) is 0.0667. The molecule has 0 aliphatic carbocycles. The Labute approximate surface area is 125 Å². The predicted octanol–water partition coefficient (Wildman–Crippen LogP) is 3.72. The summed E-state index contributed by atoms with van der Waals surface area (Å²) >= 11 is 12.0. The van der Waals surface area contributed by atoms with E-state index in [9.17, 15) is 9.59 Å². The first-order valence-electron chi connectivity index (χ1n) is 5.97. The molecular formula is C15H9Cl2NO2. The van der Waals surface area contributed by atoms with E-state index in [2.05, 4.69) is 0 Å². The number of hydrogen-bond donors (Lipinski definition) is 0. The van der Waals surface area contributed by atoms with Crippen molar-refractivity contribution in [3.63, 3.8) is 0 Å². The maximum absolute atomic E-state index is 12.1. The molecular weight excluding hydrogens is 297 g/mol. The highest BCUT2D eigenvalue weighted by Gasteiger charge is 2.35. The predicted molar refractivity (Wildman–Crippen MR) is 78.4 cm³/mol. The molecule has 0 saturated carbocycles. The van der Waals surface area contributed by atoms with Crippen molar-refractivity contribution in [2.45, 2.75) is 6.54 Å². The molecule has 3 rings (SSSR count). The van der Waals surface area contributed by atoms with Crippen LogP contribution in [0.15, 0.2) is 42.5 Å². The van der Waals surface area contributed by atoms with Crippen molar-refractivity contribution < 1.29 is 9.59 Å². The zero-order valence-corrected chi connectivity index (χ0v) is 11.8. The summed E-state index contributed by atoms with van der Waals surface area (Å²) in [5.74, 6) is -1.06. The Morgan fingerprint density at radius 2 is 1.75 bits per heavy atom. The number of amides is 1. The van der Waals surface area contributed by atoms with Crippen LogP contribution in [0.25, 0.3) is 0 Å². The van der Waals surface area contributed by atoms with Crippen molar-refractivity contribution in [2.75, 3.05) is 4.90 Å². The van der Waals surface area contributed by atoms with Crippen molar-refractivity contribution >= 4 is 40.6 Å². The lowest BCUT2D eigenvalue weighted by atomic mass is 10.1. The Balaban J connectivity index is 2.03. The number of ketones is 1. The second-order valence-electron chi connectivity index (χ2n) is 4.47. The van der Waals surface area contributed by atoms with Gasteiger partial charge in [0.1, 0.15) is 0 Å². The molecule has 0 fully saturated rings. The summed E-state index contributed by atoms with van der Waals surface area (Å²) in [4.78, 5) is 25.4. The van der Waals surface area contributed by atoms with Crippen LogP contribution in [0.5, 0.6) is 0 Å². The summed E-state index contributed by atoms with van der Waals surface area (Å²) < 4.78 is 0. The molecule has 100 valence electrons. The number of nitrogens with zero attached hydrogens (tertiary/aromatic N) is 1. The molecule has 1 heterocycles. The maximum atomic E-state index is 12.1. The minimum absolute atomic E-state index is 0.248. The summed E-state index contributed by atoms with van der Waals surface area (Å²) in [7, 11) is 0. The van der Waals surface area contributed by atoms with Crippen molar-refractivity contribution in [3.05, 3.63) is 63.6 Å². The molecule has 0 atom stereocenters. The summed E-state index contributed by atoms with van der Waals surface area (Å²) in [5.41, 5.74) is 1.70. The fourth-order valence-electron chi connectivity index (χ4n) is 2.22. The van der Waals surface area contributed by atoms with Gasteiger partial charge in [0, 0.05) is 10.0 Å². The van der Waals surface area contributed by atoms with Gasteiger partial charge in [-0.15, -0.1) is 0 Å². The number of rotatable bonds is 2. The van der Waals surface area contributed by atoms with Crippen LogP contribution < -0.4 is 4.90 Å². The zero-order chi connectivity index (χ0) is 14.3. The third-order valence-electron chi connectivity index (χ3n) is 3.22. The van der Waals surface area contributed by atoms with Crippen LogP contribution in [0.3, 0.4) is 0 Å². The van der Waals surface area contributed by atoms with Gasteiger partial charge < -0.3 is 4.90 Å². The van der Waals surface area contributed by atoms with Gasteiger partial charge in [0.25, 0.3) is 11.7 Å². The highest BCUT2D eigenvalue weighted by Crippen LogP contribution is 2.33. The first-order valence-corrected chi connectivity index (χ1v) is 6.72. The van der Waals surface area contributed by atoms with Crippen LogP contribution in [-0.2, 0) is 11.3 Å². The smallest absolute Gasteiger partial charge is 0.299 e. The monoisotopic (exact) mass is 305 g/mol. The molecule has 0 radical (unpaired) electrons. The van der Waals surface area contributed by atoms with Gasteiger partial charge in [0.15, 0.2) is 0 Å². The molecule has 0 saturated heterocycles. The summed E-state index contributed by atoms with van der Waals surface area (Å²) in [6, 6.07) is 12.0. The second kappa shape index (κ2) is 4.93. The Kier molecular flexibility index (Phi) is 3.24. The van der Waals surface area contributed by atoms with Crippen LogP contribution in [-0.4, -0.2) is 11.7 Å². The minimum Gasteiger partial charge on any atom is -0.300 e. The average Bonchev–Trinajstić information content (AvgIpc) is 2.66. The lowest BCUT2D eigenvalue weighted by Crippen LogP contribution is -2.29. The van der Waals surface area contributed by atoms with Crippen LogP contribution >= 0.6 is 23.2 Å². The van der Waals surface area contributed by atoms with Crippen molar-refractivity contribution in [1.82, 2.24) is 0 Å². The molecule has 0 aromatic heterocycles. The van der Waals surface area contributed by atoms with E-state index in [1.807, 2.05) is 18.2 Å². The van der Waals surface area contributed by atoms with Gasteiger partial charge in [0.2, 0.25) is 0 Å². The molecule has 1 aliphatic rings. The summed E-state index contributed by atoms with van der Waals surface area (Å²) in [6.07, 6.45) is 0. The van der Waals surface area contributed by atoms with E-state index in [0.29, 0.717) is 21.3 Å². The van der Waals surface area contributed by atoms with E-state index >= 15 is 0 Å². The zero-order valence-electron chi connectivity index (χ0n) is 10.3. The molecule has 0 unspecified atom stereocenters. The van der Waals surface area contributed by atoms with E-state index in [1.165, 1.54) is 4.90 Å². The van der Waals surface area contributed by atoms with Gasteiger partial charge in [-0.1, -0.05) is 41.4 Å². The quantitative estimate of drug-likeness (QED) is 0.793. The van der Waals surface area contributed by atoms with E-state index in [-0.39, 0.29) is 6.54 Å². The van der Waals surface area contributed by atoms with Crippen LogP contribution in [0.2, 0.25) is 10.0 Å². The van der Waals surface area contributed by atoms with Gasteiger partial charge in [-0.05, 0) is 29.8 Å². The van der Waals surface area contributed by atoms with Crippen molar-refractivity contribution in [3.8, 4) is 0 Å². The van der Waals surface area contributed by atoms with Gasteiger partial charge in [0.05, 0.1) is 17.8 Å². The number of fused-ring (bicyclic) bond motifs is 1. The topological polar surface area (TPSA) is 37.4 Å². The van der Waals surface area contributed by atoms with E-state index < -0.39 is 11.7 Å². The number of hydrogen-bond acceptors (Lipinski definition) is 2. The van der Waals surface area contributed by atoms with Gasteiger partial charge in [-0.25, -0.2) is 0 Å². The lowest BCUT2D eigenvalue weighted by molar-refractivity contribution is -0.114. The molecule has 1 amide bonds. The number of benzene rings is 2. The highest BCUT2D eigenvalue weighted by molar-refractivity contribution is 6.52. The third-order valence-corrected chi connectivity index (χ3v) is 3.82. The second-order valence-corrected chi connectivity index (χ2v) is 5.32. The van der Waals surface area contributed by atoms with Crippen molar-refractivity contribution in [1.29, 1.82) is 0 Å². The third kappa shape index (κ3) is 2.09. The average molecular weight is 306 g/mol. The van der Waals surface area contributed by atoms with Crippen LogP contribution in [0.1, 0.15) is 15.9 Å². The normalized spacial score (nSPS) is 13.8. The molecule has 2 aromatic carbocycles. The summed E-state index contributed by atoms with van der Waals surface area (Å²) in [5, 5.41) is 1.04. The largest absolute Gasteiger partial charge is 0.300 e. The Hall–Kier alpha value is -1.84. The van der Waals surface area contributed by atoms with Gasteiger partial charge in [-0.2, -0.15) is 0 Å². The van der Waals surface area contributed by atoms with Crippen LogP contribution in [0, 0.1) is 0 Å². The molecule has 1 aliphatic heterocycles. The highest BCUT2D eigenvalue weighted by atomic mass is 35.5. The first-order chi connectivity index (χ1) is 9.58. The Bertz CT molecular complexity index is 728. The number of carbonyl (C=O) groups is 2. The van der Waals surface area contributed by atoms with Crippen molar-refractivity contribution in [2.24, 2.45) is 0 Å². The number of halogens is 2. The fourth-order valence-corrected chi connectivity index (χ4v) is 2.58. The van der Waals surface area contributed by atoms with Crippen LogP contribution in [0.4, 0.5) is 5.69 Å². The number of carbonyl (C=O) groups excluding carboxylic acids is 2. The lowest BCUT2D eigenvalue weighted by Gasteiger charge is -2.17. The molecule has 0 spiro atoms. The van der Waals surface area contributed by atoms with Gasteiger partial charge in [-0.3, -0.25) is 9.59 Å². The molecule has 3 nitrogen and oxygen atoms in total. The first kappa shape index (κ1) is 13.2. The molecule has 2 aromatic rings. The maximum Gasteiger partial charge on any atom is 0.299 e. The van der Waals surface area contributed by atoms with Gasteiger partial charge >= 0.3 is 0 Å².